The third-order valence-electron chi connectivity index (χ3n) is 8.73. The number of piperidine rings is 1. The molecule has 0 saturated carbocycles. The summed E-state index contributed by atoms with van der Waals surface area (Å²) in [6, 6.07) is 22.4. The Bertz CT molecular complexity index is 1640. The number of nitrogen functional groups attached to an aromatic ring is 1. The number of nitrogens with zero attached hydrogens (tertiary/aromatic N) is 2. The first-order valence-corrected chi connectivity index (χ1v) is 14.4. The summed E-state index contributed by atoms with van der Waals surface area (Å²) in [6.45, 7) is 3.38. The number of aromatic nitrogens is 1. The lowest BCUT2D eigenvalue weighted by molar-refractivity contribution is -0.142. The number of pyridine rings is 1. The first-order valence-electron chi connectivity index (χ1n) is 14.4. The number of amides is 1. The van der Waals surface area contributed by atoms with Gasteiger partial charge < -0.3 is 24.8 Å². The molecule has 0 unspecified atom stereocenters. The van der Waals surface area contributed by atoms with Crippen LogP contribution in [0.1, 0.15) is 49.0 Å². The predicted molar refractivity (Wildman–Crippen MR) is 161 cm³/mol. The van der Waals surface area contributed by atoms with Crippen LogP contribution < -0.4 is 10.5 Å². The number of methoxy groups -OCH3 is 1. The van der Waals surface area contributed by atoms with Crippen LogP contribution in [0.25, 0.3) is 21.9 Å². The van der Waals surface area contributed by atoms with Crippen molar-refractivity contribution in [2.24, 2.45) is 0 Å². The Morgan fingerprint density at radius 2 is 1.83 bits per heavy atom. The van der Waals surface area contributed by atoms with Crippen LogP contribution in [-0.2, 0) is 26.1 Å². The minimum absolute atomic E-state index is 0.133. The quantitative estimate of drug-likeness (QED) is 0.277. The number of hydrogen-bond acceptors (Lipinski definition) is 7. The Balaban J connectivity index is 1.40. The number of hydrogen-bond donors (Lipinski definition) is 1. The monoisotopic (exact) mass is 565 g/mol. The summed E-state index contributed by atoms with van der Waals surface area (Å²) in [4.78, 5) is 30.6. The second-order valence-electron chi connectivity index (χ2n) is 11.0. The second kappa shape index (κ2) is 11.4. The molecule has 2 heterocycles. The molecule has 0 radical (unpaired) electrons. The molecule has 6 rings (SSSR count). The number of carbonyl (C=O) groups is 2. The van der Waals surface area contributed by atoms with Gasteiger partial charge in [-0.15, -0.1) is 0 Å². The van der Waals surface area contributed by atoms with E-state index in [0.717, 1.165) is 52.3 Å². The van der Waals surface area contributed by atoms with E-state index in [1.54, 1.807) is 18.0 Å². The Morgan fingerprint density at radius 1 is 1.02 bits per heavy atom. The molecular formula is C34H35N3O5. The molecule has 8 heteroatoms. The van der Waals surface area contributed by atoms with Crippen molar-refractivity contribution in [3.63, 3.8) is 0 Å². The van der Waals surface area contributed by atoms with E-state index in [1.165, 1.54) is 12.7 Å². The van der Waals surface area contributed by atoms with Gasteiger partial charge in [0.2, 0.25) is 0 Å². The standard InChI is InChI=1S/C34H35N3O5/c1-3-41-31(38)20-23-7-4-5-10-29(23)42-30-21-34(14-17-37(18-15-34)33(39)40-2)28-12-11-22(19-27(28)30)24-8-6-9-26-25(24)13-16-36-32(26)35/h4-13,16,19,30H,3,14-15,17-18,20-21H2,1-2H3,(H2,35,36)/t30-/m0/s1. The maximum Gasteiger partial charge on any atom is 0.409 e. The van der Waals surface area contributed by atoms with Gasteiger partial charge in [0.25, 0.3) is 0 Å². The number of likely N-dealkylation sites (tertiary alicyclic amines) is 1. The Labute approximate surface area is 245 Å². The number of nitrogens with two attached hydrogens (primary N) is 1. The van der Waals surface area contributed by atoms with Gasteiger partial charge >= 0.3 is 12.1 Å². The van der Waals surface area contributed by atoms with Crippen molar-refractivity contribution in [2.75, 3.05) is 32.5 Å². The minimum Gasteiger partial charge on any atom is -0.485 e. The average molecular weight is 566 g/mol. The van der Waals surface area contributed by atoms with E-state index in [9.17, 15) is 9.59 Å². The van der Waals surface area contributed by atoms with Gasteiger partial charge in [-0.1, -0.05) is 48.5 Å². The van der Waals surface area contributed by atoms with E-state index >= 15 is 0 Å². The number of ether oxygens (including phenoxy) is 3. The molecule has 2 N–H and O–H groups in total. The highest BCUT2D eigenvalue weighted by Gasteiger charge is 2.47. The summed E-state index contributed by atoms with van der Waals surface area (Å²) < 4.78 is 17.0. The van der Waals surface area contributed by atoms with Crippen LogP contribution in [0.2, 0.25) is 0 Å². The van der Waals surface area contributed by atoms with Crippen molar-refractivity contribution >= 4 is 28.7 Å². The molecule has 3 aromatic carbocycles. The van der Waals surface area contributed by atoms with Gasteiger partial charge in [0.05, 0.1) is 20.1 Å². The van der Waals surface area contributed by atoms with Crippen molar-refractivity contribution in [1.29, 1.82) is 0 Å². The molecule has 1 atom stereocenters. The highest BCUT2D eigenvalue weighted by molar-refractivity contribution is 6.01. The van der Waals surface area contributed by atoms with Crippen LogP contribution in [-0.4, -0.2) is 48.8 Å². The first-order chi connectivity index (χ1) is 20.4. The number of benzene rings is 3. The highest BCUT2D eigenvalue weighted by atomic mass is 16.5. The van der Waals surface area contributed by atoms with Gasteiger partial charge in [0.15, 0.2) is 0 Å². The minimum atomic E-state index is -0.288. The number of para-hydroxylation sites is 1. The number of fused-ring (bicyclic) bond motifs is 3. The Morgan fingerprint density at radius 3 is 2.62 bits per heavy atom. The molecule has 1 aromatic heterocycles. The Hall–Kier alpha value is -4.59. The lowest BCUT2D eigenvalue weighted by Gasteiger charge is -2.39. The molecule has 0 bridgehead atoms. The van der Waals surface area contributed by atoms with Gasteiger partial charge in [0, 0.05) is 35.7 Å². The van der Waals surface area contributed by atoms with E-state index in [4.69, 9.17) is 19.9 Å². The molecule has 2 aliphatic rings. The third-order valence-corrected chi connectivity index (χ3v) is 8.73. The summed E-state index contributed by atoms with van der Waals surface area (Å²) in [6.07, 6.45) is 3.78. The average Bonchev–Trinajstić information content (AvgIpc) is 3.29. The Kier molecular flexibility index (Phi) is 7.45. The molecule has 1 spiro atoms. The molecule has 1 saturated heterocycles. The normalized spacial score (nSPS) is 17.2. The lowest BCUT2D eigenvalue weighted by atomic mass is 9.73. The number of esters is 1. The second-order valence-corrected chi connectivity index (χ2v) is 11.0. The van der Waals surface area contributed by atoms with E-state index in [-0.39, 0.29) is 30.0 Å². The fourth-order valence-corrected chi connectivity index (χ4v) is 6.65. The molecular weight excluding hydrogens is 530 g/mol. The van der Waals surface area contributed by atoms with Gasteiger partial charge in [-0.25, -0.2) is 9.78 Å². The third kappa shape index (κ3) is 5.02. The summed E-state index contributed by atoms with van der Waals surface area (Å²) in [5, 5.41) is 1.96. The van der Waals surface area contributed by atoms with Gasteiger partial charge in [-0.2, -0.15) is 0 Å². The molecule has 4 aromatic rings. The van der Waals surface area contributed by atoms with Crippen LogP contribution in [0, 0.1) is 0 Å². The van der Waals surface area contributed by atoms with Gasteiger partial charge in [-0.05, 0) is 72.0 Å². The SMILES string of the molecule is CCOC(=O)Cc1ccccc1O[C@H]1CC2(CCN(C(=O)OC)CC2)c2ccc(-c3cccc4c(N)nccc34)cc21. The van der Waals surface area contributed by atoms with Crippen LogP contribution in [0.5, 0.6) is 5.75 Å². The molecule has 216 valence electrons. The molecule has 1 amide bonds. The summed E-state index contributed by atoms with van der Waals surface area (Å²) in [5.74, 6) is 0.908. The highest BCUT2D eigenvalue weighted by Crippen LogP contribution is 2.53. The molecule has 1 fully saturated rings. The lowest BCUT2D eigenvalue weighted by Crippen LogP contribution is -2.44. The fourth-order valence-electron chi connectivity index (χ4n) is 6.65. The smallest absolute Gasteiger partial charge is 0.409 e. The van der Waals surface area contributed by atoms with E-state index in [2.05, 4.69) is 29.2 Å². The summed E-state index contributed by atoms with van der Waals surface area (Å²) >= 11 is 0. The zero-order valence-corrected chi connectivity index (χ0v) is 24.0. The van der Waals surface area contributed by atoms with Crippen molar-refractivity contribution in [3.05, 3.63) is 89.6 Å². The van der Waals surface area contributed by atoms with Crippen molar-refractivity contribution < 1.29 is 23.8 Å². The van der Waals surface area contributed by atoms with Crippen LogP contribution in [0.3, 0.4) is 0 Å². The van der Waals surface area contributed by atoms with Gasteiger partial charge in [0.1, 0.15) is 17.7 Å². The zero-order valence-electron chi connectivity index (χ0n) is 24.0. The number of rotatable bonds is 6. The number of anilines is 1. The summed E-state index contributed by atoms with van der Waals surface area (Å²) in [7, 11) is 1.42. The topological polar surface area (TPSA) is 104 Å². The van der Waals surface area contributed by atoms with Crippen LogP contribution in [0.4, 0.5) is 10.6 Å². The molecule has 8 nitrogen and oxygen atoms in total. The maximum absolute atomic E-state index is 12.4. The molecule has 42 heavy (non-hydrogen) atoms. The first kappa shape index (κ1) is 27.6. The van der Waals surface area contributed by atoms with Gasteiger partial charge in [-0.3, -0.25) is 4.79 Å². The molecule has 1 aliphatic carbocycles. The van der Waals surface area contributed by atoms with E-state index in [1.807, 2.05) is 42.5 Å². The maximum atomic E-state index is 12.4. The molecule has 1 aliphatic heterocycles. The zero-order chi connectivity index (χ0) is 29.3. The largest absolute Gasteiger partial charge is 0.485 e. The van der Waals surface area contributed by atoms with Crippen LogP contribution in [0.15, 0.2) is 72.9 Å². The van der Waals surface area contributed by atoms with Crippen molar-refractivity contribution in [1.82, 2.24) is 9.88 Å². The van der Waals surface area contributed by atoms with Crippen molar-refractivity contribution in [3.8, 4) is 16.9 Å². The van der Waals surface area contributed by atoms with E-state index in [0.29, 0.717) is 31.3 Å². The fraction of sp³-hybridized carbons (Fsp3) is 0.324. The predicted octanol–water partition coefficient (Wildman–Crippen LogP) is 6.21. The summed E-state index contributed by atoms with van der Waals surface area (Å²) in [5.41, 5.74) is 11.4. The van der Waals surface area contributed by atoms with E-state index < -0.39 is 0 Å². The number of carbonyl (C=O) groups excluding carboxylic acids is 2. The van der Waals surface area contributed by atoms with Crippen molar-refractivity contribution in [2.45, 2.75) is 44.1 Å². The van der Waals surface area contributed by atoms with Crippen LogP contribution >= 0.6 is 0 Å².